The predicted molar refractivity (Wildman–Crippen MR) is 113 cm³/mol. The molecular formula is C22H21ClF3NO4S. The number of hydrogen-bond donors (Lipinski definition) is 2. The van der Waals surface area contributed by atoms with Crippen LogP contribution in [0, 0.1) is 29.3 Å². The lowest BCUT2D eigenvalue weighted by atomic mass is 9.78. The first-order valence-electron chi connectivity index (χ1n) is 10.1. The fourth-order valence-corrected chi connectivity index (χ4v) is 7.98. The van der Waals surface area contributed by atoms with E-state index in [0.717, 1.165) is 6.07 Å². The molecule has 3 unspecified atom stereocenters. The third-order valence-corrected chi connectivity index (χ3v) is 9.22. The summed E-state index contributed by atoms with van der Waals surface area (Å²) in [7, 11) is -3.92. The predicted octanol–water partition coefficient (Wildman–Crippen LogP) is 4.72. The maximum Gasteiger partial charge on any atom is 0.255 e. The first-order chi connectivity index (χ1) is 14.9. The molecule has 2 saturated carbocycles. The number of benzene rings is 2. The molecular weight excluding hydrogens is 467 g/mol. The Balaban J connectivity index is 1.64. The summed E-state index contributed by atoms with van der Waals surface area (Å²) < 4.78 is 67.0. The minimum Gasteiger partial charge on any atom is -0.390 e. The van der Waals surface area contributed by atoms with Crippen molar-refractivity contribution in [1.29, 1.82) is 0 Å². The maximum absolute atomic E-state index is 13.5. The van der Waals surface area contributed by atoms with Crippen LogP contribution in [0.15, 0.2) is 35.2 Å². The molecule has 0 aromatic heterocycles. The van der Waals surface area contributed by atoms with Crippen molar-refractivity contribution in [2.75, 3.05) is 5.32 Å². The Morgan fingerprint density at radius 2 is 1.66 bits per heavy atom. The number of rotatable bonds is 4. The minimum absolute atomic E-state index is 0.0443. The van der Waals surface area contributed by atoms with E-state index in [1.54, 1.807) is 6.92 Å². The average Bonchev–Trinajstić information content (AvgIpc) is 2.99. The van der Waals surface area contributed by atoms with Gasteiger partial charge in [-0.2, -0.15) is 0 Å². The van der Waals surface area contributed by atoms with Crippen LogP contribution >= 0.6 is 11.6 Å². The van der Waals surface area contributed by atoms with E-state index in [1.807, 2.05) is 0 Å². The summed E-state index contributed by atoms with van der Waals surface area (Å²) in [4.78, 5) is 12.4. The molecule has 0 heterocycles. The molecule has 1 amide bonds. The molecule has 4 atom stereocenters. The second-order valence-corrected chi connectivity index (χ2v) is 11.3. The number of nitrogens with one attached hydrogen (secondary N) is 1. The van der Waals surface area contributed by atoms with Gasteiger partial charge < -0.3 is 10.4 Å². The normalized spacial score (nSPS) is 27.4. The highest BCUT2D eigenvalue weighted by Crippen LogP contribution is 2.51. The van der Waals surface area contributed by atoms with Gasteiger partial charge in [0.25, 0.3) is 5.91 Å². The van der Waals surface area contributed by atoms with E-state index < -0.39 is 44.0 Å². The summed E-state index contributed by atoms with van der Waals surface area (Å²) in [6.45, 7) is 1.71. The van der Waals surface area contributed by atoms with E-state index in [4.69, 9.17) is 11.6 Å². The standard InChI is InChI=1S/C22H21ClF3NO4S/c1-22(29)9-12-2-3-13(10-22)20(12)32(30,31)18-6-11(4-5-15(18)23)21(28)27-14-7-16(24)19(26)17(25)8-14/h4-8,12-13,20,29H,2-3,9-10H2,1H3,(H,27,28)/t12-,13?,20?,22?/m0/s1. The highest BCUT2D eigenvalue weighted by molar-refractivity contribution is 7.92. The van der Waals surface area contributed by atoms with E-state index in [0.29, 0.717) is 37.8 Å². The summed E-state index contributed by atoms with van der Waals surface area (Å²) in [6, 6.07) is 4.93. The zero-order valence-corrected chi connectivity index (χ0v) is 18.6. The number of anilines is 1. The molecule has 2 fully saturated rings. The molecule has 172 valence electrons. The van der Waals surface area contributed by atoms with Crippen molar-refractivity contribution in [1.82, 2.24) is 0 Å². The maximum atomic E-state index is 13.5. The van der Waals surface area contributed by atoms with Gasteiger partial charge in [0.1, 0.15) is 0 Å². The molecule has 0 aliphatic heterocycles. The van der Waals surface area contributed by atoms with Crippen LogP contribution in [0.4, 0.5) is 18.9 Å². The fourth-order valence-electron chi connectivity index (χ4n) is 5.14. The van der Waals surface area contributed by atoms with Crippen LogP contribution in [0.2, 0.25) is 5.02 Å². The molecule has 2 aliphatic carbocycles. The molecule has 2 aromatic carbocycles. The molecule has 2 aromatic rings. The number of halogens is 4. The second-order valence-electron chi connectivity index (χ2n) is 8.87. The lowest BCUT2D eigenvalue weighted by molar-refractivity contribution is -0.00176. The number of carbonyl (C=O) groups excluding carboxylic acids is 1. The smallest absolute Gasteiger partial charge is 0.255 e. The largest absolute Gasteiger partial charge is 0.390 e. The number of amides is 1. The van der Waals surface area contributed by atoms with E-state index >= 15 is 0 Å². The van der Waals surface area contributed by atoms with Gasteiger partial charge in [-0.15, -0.1) is 0 Å². The lowest BCUT2D eigenvalue weighted by Crippen LogP contribution is -2.44. The average molecular weight is 488 g/mol. The Kier molecular flexibility index (Phi) is 5.80. The van der Waals surface area contributed by atoms with Gasteiger partial charge in [0.15, 0.2) is 27.3 Å². The summed E-state index contributed by atoms with van der Waals surface area (Å²) in [5.41, 5.74) is -1.32. The van der Waals surface area contributed by atoms with Crippen molar-refractivity contribution >= 4 is 33.0 Å². The van der Waals surface area contributed by atoms with Crippen LogP contribution in [0.25, 0.3) is 0 Å². The van der Waals surface area contributed by atoms with E-state index in [-0.39, 0.29) is 33.0 Å². The van der Waals surface area contributed by atoms with Crippen molar-refractivity contribution in [3.05, 3.63) is 58.4 Å². The number of hydrogen-bond acceptors (Lipinski definition) is 4. The van der Waals surface area contributed by atoms with Crippen molar-refractivity contribution < 1.29 is 31.5 Å². The topological polar surface area (TPSA) is 83.5 Å². The zero-order valence-electron chi connectivity index (χ0n) is 17.0. The monoisotopic (exact) mass is 487 g/mol. The van der Waals surface area contributed by atoms with E-state index in [9.17, 15) is 31.5 Å². The third-order valence-electron chi connectivity index (χ3n) is 6.34. The zero-order chi connectivity index (χ0) is 23.4. The van der Waals surface area contributed by atoms with E-state index in [2.05, 4.69) is 5.32 Å². The summed E-state index contributed by atoms with van der Waals surface area (Å²) in [5, 5.41) is 11.9. The number of aliphatic hydroxyl groups is 1. The number of fused-ring (bicyclic) bond motifs is 2. The van der Waals surface area contributed by atoms with Crippen LogP contribution in [0.1, 0.15) is 43.0 Å². The van der Waals surface area contributed by atoms with Crippen LogP contribution in [0.5, 0.6) is 0 Å². The summed E-state index contributed by atoms with van der Waals surface area (Å²) in [6.07, 6.45) is 2.11. The molecule has 2 bridgehead atoms. The summed E-state index contributed by atoms with van der Waals surface area (Å²) >= 11 is 6.19. The molecule has 10 heteroatoms. The van der Waals surface area contributed by atoms with Crippen molar-refractivity contribution in [3.63, 3.8) is 0 Å². The second kappa shape index (κ2) is 8.04. The molecule has 5 nitrogen and oxygen atoms in total. The minimum atomic E-state index is -3.92. The van der Waals surface area contributed by atoms with Gasteiger partial charge in [0, 0.05) is 23.4 Å². The number of carbonyl (C=O) groups is 1. The first-order valence-corrected chi connectivity index (χ1v) is 12.0. The van der Waals surface area contributed by atoms with Gasteiger partial charge in [-0.3, -0.25) is 4.79 Å². The number of sulfone groups is 1. The quantitative estimate of drug-likeness (QED) is 0.611. The molecule has 0 spiro atoms. The molecule has 2 N–H and O–H groups in total. The SMILES string of the molecule is CC1(O)CC2CC[C@@H](C1)C2S(=O)(=O)c1cc(C(=O)Nc2cc(F)c(F)c(F)c2)ccc1Cl. The van der Waals surface area contributed by atoms with Crippen LogP contribution < -0.4 is 5.32 Å². The van der Waals surface area contributed by atoms with Crippen LogP contribution in [-0.2, 0) is 9.84 Å². The molecule has 0 saturated heterocycles. The van der Waals surface area contributed by atoms with Gasteiger partial charge in [-0.05, 0) is 62.6 Å². The van der Waals surface area contributed by atoms with Crippen molar-refractivity contribution in [2.24, 2.45) is 11.8 Å². The fraction of sp³-hybridized carbons (Fsp3) is 0.409. The Bertz CT molecular complexity index is 1160. The Morgan fingerprint density at radius 1 is 1.09 bits per heavy atom. The molecule has 0 radical (unpaired) electrons. The third kappa shape index (κ3) is 4.13. The Morgan fingerprint density at radius 3 is 2.22 bits per heavy atom. The van der Waals surface area contributed by atoms with Crippen LogP contribution in [-0.4, -0.2) is 30.3 Å². The van der Waals surface area contributed by atoms with Gasteiger partial charge in [-0.1, -0.05) is 11.6 Å². The summed E-state index contributed by atoms with van der Waals surface area (Å²) in [5.74, 6) is -5.87. The van der Waals surface area contributed by atoms with Crippen LogP contribution in [0.3, 0.4) is 0 Å². The Labute approximate surface area is 188 Å². The lowest BCUT2D eigenvalue weighted by Gasteiger charge is -2.38. The van der Waals surface area contributed by atoms with Crippen molar-refractivity contribution in [2.45, 2.75) is 48.4 Å². The molecule has 2 aliphatic rings. The van der Waals surface area contributed by atoms with Gasteiger partial charge in [0.05, 0.1) is 20.8 Å². The van der Waals surface area contributed by atoms with Gasteiger partial charge in [-0.25, -0.2) is 21.6 Å². The van der Waals surface area contributed by atoms with Gasteiger partial charge >= 0.3 is 0 Å². The Hall–Kier alpha value is -2.10. The highest BCUT2D eigenvalue weighted by atomic mass is 35.5. The highest BCUT2D eigenvalue weighted by Gasteiger charge is 2.52. The first kappa shape index (κ1) is 23.1. The van der Waals surface area contributed by atoms with Gasteiger partial charge in [0.2, 0.25) is 0 Å². The van der Waals surface area contributed by atoms with E-state index in [1.165, 1.54) is 12.1 Å². The molecule has 32 heavy (non-hydrogen) atoms. The molecule has 4 rings (SSSR count). The van der Waals surface area contributed by atoms with Crippen molar-refractivity contribution in [3.8, 4) is 0 Å².